The summed E-state index contributed by atoms with van der Waals surface area (Å²) in [4.78, 5) is 12.1. The summed E-state index contributed by atoms with van der Waals surface area (Å²) in [6.45, 7) is 0.512. The molecule has 2 aliphatic rings. The van der Waals surface area contributed by atoms with Crippen molar-refractivity contribution in [1.82, 2.24) is 10.6 Å². The number of hydrogen-bond acceptors (Lipinski definition) is 2. The lowest BCUT2D eigenvalue weighted by Crippen LogP contribution is -2.45. The van der Waals surface area contributed by atoms with Gasteiger partial charge in [0.05, 0.1) is 16.7 Å². The SMILES string of the molecule is O=C1NCNC12CCCc1cc(Cl)c(Cl)cc12. The van der Waals surface area contributed by atoms with Gasteiger partial charge in [-0.3, -0.25) is 10.1 Å². The van der Waals surface area contributed by atoms with Crippen molar-refractivity contribution in [2.75, 3.05) is 6.67 Å². The number of halogens is 2. The molecule has 1 aliphatic heterocycles. The summed E-state index contributed by atoms with van der Waals surface area (Å²) < 4.78 is 0. The Hall–Kier alpha value is -0.770. The van der Waals surface area contributed by atoms with Crippen molar-refractivity contribution in [2.45, 2.75) is 24.8 Å². The van der Waals surface area contributed by atoms with E-state index in [1.807, 2.05) is 12.1 Å². The highest BCUT2D eigenvalue weighted by atomic mass is 35.5. The van der Waals surface area contributed by atoms with Crippen LogP contribution in [0.3, 0.4) is 0 Å². The molecular formula is C12H12Cl2N2O. The molecular weight excluding hydrogens is 259 g/mol. The summed E-state index contributed by atoms with van der Waals surface area (Å²) >= 11 is 12.1. The van der Waals surface area contributed by atoms with E-state index in [2.05, 4.69) is 10.6 Å². The first-order chi connectivity index (χ1) is 8.13. The zero-order chi connectivity index (χ0) is 12.0. The van der Waals surface area contributed by atoms with Gasteiger partial charge in [-0.05, 0) is 42.5 Å². The molecule has 1 atom stereocenters. The largest absolute Gasteiger partial charge is 0.342 e. The second kappa shape index (κ2) is 3.87. The second-order valence-electron chi connectivity index (χ2n) is 4.54. The molecule has 1 amide bonds. The van der Waals surface area contributed by atoms with E-state index in [-0.39, 0.29) is 5.91 Å². The number of fused-ring (bicyclic) bond motifs is 2. The second-order valence-corrected chi connectivity index (χ2v) is 5.36. The third-order valence-electron chi connectivity index (χ3n) is 3.63. The first kappa shape index (κ1) is 11.3. The summed E-state index contributed by atoms with van der Waals surface area (Å²) in [5.41, 5.74) is 1.50. The molecule has 2 N–H and O–H groups in total. The molecule has 0 aromatic heterocycles. The summed E-state index contributed by atoms with van der Waals surface area (Å²) in [6, 6.07) is 3.71. The number of aryl methyl sites for hydroxylation is 1. The Bertz CT molecular complexity index is 504. The van der Waals surface area contributed by atoms with Gasteiger partial charge in [0, 0.05) is 0 Å². The molecule has 5 heteroatoms. The molecule has 0 radical (unpaired) electrons. The minimum absolute atomic E-state index is 0.0387. The summed E-state index contributed by atoms with van der Waals surface area (Å²) in [5.74, 6) is 0.0387. The lowest BCUT2D eigenvalue weighted by atomic mass is 9.76. The lowest BCUT2D eigenvalue weighted by molar-refractivity contribution is -0.124. The molecule has 0 saturated carbocycles. The van der Waals surface area contributed by atoms with Gasteiger partial charge in [0.25, 0.3) is 0 Å². The van der Waals surface area contributed by atoms with Crippen molar-refractivity contribution < 1.29 is 4.79 Å². The van der Waals surface area contributed by atoms with Crippen LogP contribution in [0, 0.1) is 0 Å². The van der Waals surface area contributed by atoms with Crippen LogP contribution in [0.5, 0.6) is 0 Å². The molecule has 1 heterocycles. The third-order valence-corrected chi connectivity index (χ3v) is 4.35. The van der Waals surface area contributed by atoms with Crippen LogP contribution < -0.4 is 10.6 Å². The first-order valence-corrected chi connectivity index (χ1v) is 6.41. The van der Waals surface area contributed by atoms with Crippen molar-refractivity contribution in [3.63, 3.8) is 0 Å². The van der Waals surface area contributed by atoms with Crippen molar-refractivity contribution in [3.05, 3.63) is 33.3 Å². The van der Waals surface area contributed by atoms with E-state index in [9.17, 15) is 4.79 Å². The fourth-order valence-electron chi connectivity index (χ4n) is 2.80. The predicted octanol–water partition coefficient (Wildman–Crippen LogP) is 2.20. The fraction of sp³-hybridized carbons (Fsp3) is 0.417. The smallest absolute Gasteiger partial charge is 0.245 e. The number of hydrogen-bond donors (Lipinski definition) is 2. The first-order valence-electron chi connectivity index (χ1n) is 5.65. The zero-order valence-electron chi connectivity index (χ0n) is 9.15. The van der Waals surface area contributed by atoms with Crippen LogP contribution in [0.25, 0.3) is 0 Å². The molecule has 1 fully saturated rings. The minimum atomic E-state index is -0.595. The highest BCUT2D eigenvalue weighted by Gasteiger charge is 2.46. The average Bonchev–Trinajstić information content (AvgIpc) is 2.65. The summed E-state index contributed by atoms with van der Waals surface area (Å²) in [5, 5.41) is 7.16. The van der Waals surface area contributed by atoms with Crippen LogP contribution in [0.15, 0.2) is 12.1 Å². The van der Waals surface area contributed by atoms with E-state index >= 15 is 0 Å². The van der Waals surface area contributed by atoms with Crippen LogP contribution in [0.1, 0.15) is 24.0 Å². The fourth-order valence-corrected chi connectivity index (χ4v) is 3.15. The Balaban J connectivity index is 2.20. The standard InChI is InChI=1S/C12H12Cl2N2O/c13-9-4-7-2-1-3-12(8(7)5-10(9)14)11(17)15-6-16-12/h4-5,16H,1-3,6H2,(H,15,17). The Morgan fingerprint density at radius 2 is 2.00 bits per heavy atom. The molecule has 0 bridgehead atoms. The van der Waals surface area contributed by atoms with E-state index < -0.39 is 5.54 Å². The number of nitrogens with one attached hydrogen (secondary N) is 2. The van der Waals surface area contributed by atoms with Crippen molar-refractivity contribution in [2.24, 2.45) is 0 Å². The van der Waals surface area contributed by atoms with Gasteiger partial charge < -0.3 is 5.32 Å². The van der Waals surface area contributed by atoms with Crippen LogP contribution in [-0.4, -0.2) is 12.6 Å². The van der Waals surface area contributed by atoms with E-state index in [1.54, 1.807) is 0 Å². The van der Waals surface area contributed by atoms with Crippen LogP contribution in [0.4, 0.5) is 0 Å². The maximum absolute atomic E-state index is 12.1. The molecule has 1 aromatic rings. The molecule has 3 nitrogen and oxygen atoms in total. The van der Waals surface area contributed by atoms with E-state index in [4.69, 9.17) is 23.2 Å². The Kier molecular flexibility index (Phi) is 2.58. The van der Waals surface area contributed by atoms with Gasteiger partial charge in [-0.15, -0.1) is 0 Å². The van der Waals surface area contributed by atoms with Gasteiger partial charge in [-0.1, -0.05) is 23.2 Å². The highest BCUT2D eigenvalue weighted by molar-refractivity contribution is 6.42. The normalized spacial score (nSPS) is 27.1. The Morgan fingerprint density at radius 3 is 2.71 bits per heavy atom. The number of amides is 1. The molecule has 17 heavy (non-hydrogen) atoms. The van der Waals surface area contributed by atoms with Gasteiger partial charge in [-0.25, -0.2) is 0 Å². The summed E-state index contributed by atoms with van der Waals surface area (Å²) in [7, 11) is 0. The molecule has 1 spiro atoms. The van der Waals surface area contributed by atoms with Gasteiger partial charge in [0.1, 0.15) is 5.54 Å². The number of benzene rings is 1. The van der Waals surface area contributed by atoms with Gasteiger partial charge >= 0.3 is 0 Å². The van der Waals surface area contributed by atoms with Crippen molar-refractivity contribution in [1.29, 1.82) is 0 Å². The average molecular weight is 271 g/mol. The number of carbonyl (C=O) groups is 1. The van der Waals surface area contributed by atoms with Crippen LogP contribution >= 0.6 is 23.2 Å². The number of rotatable bonds is 0. The van der Waals surface area contributed by atoms with Gasteiger partial charge in [-0.2, -0.15) is 0 Å². The zero-order valence-corrected chi connectivity index (χ0v) is 10.7. The maximum Gasteiger partial charge on any atom is 0.245 e. The summed E-state index contributed by atoms with van der Waals surface area (Å²) in [6.07, 6.45) is 2.73. The molecule has 90 valence electrons. The predicted molar refractivity (Wildman–Crippen MR) is 67.2 cm³/mol. The molecule has 1 aromatic carbocycles. The van der Waals surface area contributed by atoms with Crippen molar-refractivity contribution in [3.8, 4) is 0 Å². The van der Waals surface area contributed by atoms with Crippen molar-refractivity contribution >= 4 is 29.1 Å². The number of carbonyl (C=O) groups excluding carboxylic acids is 1. The molecule has 1 unspecified atom stereocenters. The Labute approximate surface area is 109 Å². The highest BCUT2D eigenvalue weighted by Crippen LogP contribution is 2.40. The molecule has 1 aliphatic carbocycles. The van der Waals surface area contributed by atoms with Gasteiger partial charge in [0.2, 0.25) is 5.91 Å². The van der Waals surface area contributed by atoms with Crippen LogP contribution in [0.2, 0.25) is 10.0 Å². The van der Waals surface area contributed by atoms with Gasteiger partial charge in [0.15, 0.2) is 0 Å². The monoisotopic (exact) mass is 270 g/mol. The quantitative estimate of drug-likeness (QED) is 0.759. The molecule has 1 saturated heterocycles. The maximum atomic E-state index is 12.1. The Morgan fingerprint density at radius 1 is 1.24 bits per heavy atom. The third kappa shape index (κ3) is 1.57. The van der Waals surface area contributed by atoms with E-state index in [1.165, 1.54) is 0 Å². The van der Waals surface area contributed by atoms with E-state index in [0.717, 1.165) is 30.4 Å². The lowest BCUT2D eigenvalue weighted by Gasteiger charge is -2.33. The topological polar surface area (TPSA) is 41.1 Å². The minimum Gasteiger partial charge on any atom is -0.342 e. The molecule has 3 rings (SSSR count). The van der Waals surface area contributed by atoms with Crippen LogP contribution in [-0.2, 0) is 16.8 Å². The van der Waals surface area contributed by atoms with E-state index in [0.29, 0.717) is 16.7 Å².